The van der Waals surface area contributed by atoms with Gasteiger partial charge in [-0.05, 0) is 67.1 Å². The zero-order chi connectivity index (χ0) is 32.2. The van der Waals surface area contributed by atoms with E-state index < -0.39 is 5.97 Å². The standard InChI is InChI=1S/C35H27Cl2N5O4/c1-22-18-30(41-17-15-38-21-41)26-5-2-6-31(34(26)40-22)46-20-27-28(36)12-13-29(33(27)37)42-16-3-4-25(42)19-39-32(43)14-9-23-7-10-24(11-8-23)35(44)45/h2-18,21H,19-20H2,1H3,(H,39,43)(H,44,45). The van der Waals surface area contributed by atoms with Crippen molar-refractivity contribution in [3.8, 4) is 17.1 Å². The second kappa shape index (κ2) is 13.3. The summed E-state index contributed by atoms with van der Waals surface area (Å²) in [5.74, 6) is -0.716. The fraction of sp³-hybridized carbons (Fsp3) is 0.0857. The number of halogens is 2. The number of carbonyl (C=O) groups excluding carboxylic acids is 1. The second-order valence-electron chi connectivity index (χ2n) is 10.4. The van der Waals surface area contributed by atoms with Crippen LogP contribution in [0.4, 0.5) is 0 Å². The number of benzene rings is 3. The molecule has 1 amide bonds. The van der Waals surface area contributed by atoms with Crippen molar-refractivity contribution in [2.24, 2.45) is 0 Å². The molecule has 0 atom stereocenters. The quantitative estimate of drug-likeness (QED) is 0.149. The maximum atomic E-state index is 12.6. The Morgan fingerprint density at radius 2 is 1.83 bits per heavy atom. The average molecular weight is 653 g/mol. The summed E-state index contributed by atoms with van der Waals surface area (Å²) in [6.07, 6.45) is 10.2. The fourth-order valence-corrected chi connectivity index (χ4v) is 5.63. The van der Waals surface area contributed by atoms with Gasteiger partial charge in [-0.2, -0.15) is 0 Å². The minimum atomic E-state index is -1.01. The Labute approximate surface area is 274 Å². The van der Waals surface area contributed by atoms with Gasteiger partial charge in [0.1, 0.15) is 17.9 Å². The number of fused-ring (bicyclic) bond motifs is 1. The van der Waals surface area contributed by atoms with Crippen molar-refractivity contribution in [1.82, 2.24) is 24.4 Å². The molecule has 0 saturated carbocycles. The molecule has 3 aromatic heterocycles. The highest BCUT2D eigenvalue weighted by Gasteiger charge is 2.17. The lowest BCUT2D eigenvalue weighted by Crippen LogP contribution is -2.21. The first-order chi connectivity index (χ1) is 22.3. The molecule has 0 radical (unpaired) electrons. The zero-order valence-electron chi connectivity index (χ0n) is 24.5. The van der Waals surface area contributed by atoms with Gasteiger partial charge in [0.2, 0.25) is 5.91 Å². The molecule has 0 unspecified atom stereocenters. The van der Waals surface area contributed by atoms with E-state index in [1.807, 2.05) is 70.9 Å². The first-order valence-corrected chi connectivity index (χ1v) is 15.0. The van der Waals surface area contributed by atoms with E-state index in [9.17, 15) is 9.59 Å². The second-order valence-corrected chi connectivity index (χ2v) is 11.2. The van der Waals surface area contributed by atoms with Crippen LogP contribution in [0.1, 0.15) is 32.9 Å². The first kappa shape index (κ1) is 30.6. The summed E-state index contributed by atoms with van der Waals surface area (Å²) >= 11 is 13.6. The van der Waals surface area contributed by atoms with Crippen molar-refractivity contribution in [1.29, 1.82) is 0 Å². The number of rotatable bonds is 10. The number of carbonyl (C=O) groups is 2. The summed E-state index contributed by atoms with van der Waals surface area (Å²) in [5, 5.41) is 13.7. The van der Waals surface area contributed by atoms with Crippen molar-refractivity contribution in [2.45, 2.75) is 20.1 Å². The number of aromatic nitrogens is 4. The van der Waals surface area contributed by atoms with Crippen LogP contribution in [-0.2, 0) is 17.9 Å². The van der Waals surface area contributed by atoms with Gasteiger partial charge in [0.05, 0.1) is 34.8 Å². The van der Waals surface area contributed by atoms with Crippen LogP contribution in [0.2, 0.25) is 10.0 Å². The Morgan fingerprint density at radius 1 is 1.00 bits per heavy atom. The molecule has 2 N–H and O–H groups in total. The number of nitrogens with zero attached hydrogens (tertiary/aromatic N) is 4. The van der Waals surface area contributed by atoms with E-state index in [1.165, 1.54) is 18.2 Å². The lowest BCUT2D eigenvalue weighted by Gasteiger charge is -2.17. The number of hydrogen-bond acceptors (Lipinski definition) is 5. The minimum absolute atomic E-state index is 0.103. The molecule has 6 aromatic rings. The summed E-state index contributed by atoms with van der Waals surface area (Å²) in [5.41, 5.74) is 5.47. The summed E-state index contributed by atoms with van der Waals surface area (Å²) in [6.45, 7) is 2.27. The average Bonchev–Trinajstić information content (AvgIpc) is 3.76. The maximum absolute atomic E-state index is 12.6. The van der Waals surface area contributed by atoms with Gasteiger partial charge in [-0.25, -0.2) is 14.8 Å². The zero-order valence-corrected chi connectivity index (χ0v) is 26.0. The molecule has 3 heterocycles. The third kappa shape index (κ3) is 6.51. The normalized spacial score (nSPS) is 11.3. The van der Waals surface area contributed by atoms with Crippen LogP contribution in [0.3, 0.4) is 0 Å². The van der Waals surface area contributed by atoms with E-state index in [2.05, 4.69) is 10.3 Å². The van der Waals surface area contributed by atoms with E-state index in [0.717, 1.165) is 22.5 Å². The number of carboxylic acids is 1. The highest BCUT2D eigenvalue weighted by Crippen LogP contribution is 2.34. The third-order valence-corrected chi connectivity index (χ3v) is 8.13. The molecule has 0 saturated heterocycles. The van der Waals surface area contributed by atoms with Crippen molar-refractivity contribution < 1.29 is 19.4 Å². The van der Waals surface area contributed by atoms with Crippen LogP contribution in [0.25, 0.3) is 28.4 Å². The van der Waals surface area contributed by atoms with Gasteiger partial charge in [-0.15, -0.1) is 0 Å². The number of ether oxygens (including phenoxy) is 1. The van der Waals surface area contributed by atoms with Crippen LogP contribution in [0.5, 0.6) is 5.75 Å². The first-order valence-electron chi connectivity index (χ1n) is 14.2. The van der Waals surface area contributed by atoms with Gasteiger partial charge in [0.15, 0.2) is 0 Å². The van der Waals surface area contributed by atoms with E-state index in [4.69, 9.17) is 38.0 Å². The number of aromatic carboxylic acids is 1. The van der Waals surface area contributed by atoms with Gasteiger partial charge < -0.3 is 24.3 Å². The number of nitrogens with one attached hydrogen (secondary N) is 1. The Bertz CT molecular complexity index is 2090. The number of hydrogen-bond donors (Lipinski definition) is 2. The van der Waals surface area contributed by atoms with Crippen molar-refractivity contribution in [2.75, 3.05) is 0 Å². The smallest absolute Gasteiger partial charge is 0.335 e. The Morgan fingerprint density at radius 3 is 2.59 bits per heavy atom. The molecule has 11 heteroatoms. The van der Waals surface area contributed by atoms with Crippen LogP contribution >= 0.6 is 23.2 Å². The number of aryl methyl sites for hydroxylation is 1. The molecule has 9 nitrogen and oxygen atoms in total. The number of carboxylic acid groups (broad SMARTS) is 1. The molecule has 0 fully saturated rings. The van der Waals surface area contributed by atoms with Crippen molar-refractivity contribution in [3.63, 3.8) is 0 Å². The summed E-state index contributed by atoms with van der Waals surface area (Å²) in [7, 11) is 0. The number of amides is 1. The van der Waals surface area contributed by atoms with Crippen LogP contribution in [0, 0.1) is 6.92 Å². The molecule has 0 aliphatic heterocycles. The van der Waals surface area contributed by atoms with Crippen LogP contribution < -0.4 is 10.1 Å². The van der Waals surface area contributed by atoms with E-state index >= 15 is 0 Å². The Hall–Kier alpha value is -5.38. The molecule has 6 rings (SSSR count). The number of pyridine rings is 1. The predicted molar refractivity (Wildman–Crippen MR) is 178 cm³/mol. The number of para-hydroxylation sites is 1. The van der Waals surface area contributed by atoms with Gasteiger partial charge in [0.25, 0.3) is 0 Å². The van der Waals surface area contributed by atoms with E-state index in [1.54, 1.807) is 36.8 Å². The summed E-state index contributed by atoms with van der Waals surface area (Å²) in [6, 6.07) is 21.4. The Balaban J connectivity index is 1.19. The molecule has 230 valence electrons. The van der Waals surface area contributed by atoms with Gasteiger partial charge >= 0.3 is 5.97 Å². The summed E-state index contributed by atoms with van der Waals surface area (Å²) in [4.78, 5) is 32.5. The third-order valence-electron chi connectivity index (χ3n) is 7.35. The predicted octanol–water partition coefficient (Wildman–Crippen LogP) is 7.43. The van der Waals surface area contributed by atoms with Gasteiger partial charge in [-0.1, -0.05) is 47.5 Å². The molecular weight excluding hydrogens is 625 g/mol. The monoisotopic (exact) mass is 651 g/mol. The van der Waals surface area contributed by atoms with E-state index in [0.29, 0.717) is 38.1 Å². The van der Waals surface area contributed by atoms with E-state index in [-0.39, 0.29) is 24.6 Å². The lowest BCUT2D eigenvalue weighted by atomic mass is 10.1. The SMILES string of the molecule is Cc1cc(-n2ccnc2)c2cccc(OCc3c(Cl)ccc(-n4cccc4CNC(=O)C=Cc4ccc(C(=O)O)cc4)c3Cl)c2n1. The fourth-order valence-electron chi connectivity index (χ4n) is 5.05. The van der Waals surface area contributed by atoms with Crippen LogP contribution in [-0.4, -0.2) is 36.1 Å². The largest absolute Gasteiger partial charge is 0.487 e. The molecule has 0 aliphatic rings. The summed E-state index contributed by atoms with van der Waals surface area (Å²) < 4.78 is 10.1. The van der Waals surface area contributed by atoms with Gasteiger partial charge in [-0.3, -0.25) is 4.79 Å². The maximum Gasteiger partial charge on any atom is 0.335 e. The lowest BCUT2D eigenvalue weighted by molar-refractivity contribution is -0.116. The minimum Gasteiger partial charge on any atom is -0.487 e. The van der Waals surface area contributed by atoms with Crippen molar-refractivity contribution >= 4 is 52.1 Å². The van der Waals surface area contributed by atoms with Crippen molar-refractivity contribution in [3.05, 3.63) is 142 Å². The topological polar surface area (TPSA) is 111 Å². The molecule has 46 heavy (non-hydrogen) atoms. The molecule has 0 spiro atoms. The molecule has 3 aromatic carbocycles. The van der Waals surface area contributed by atoms with Gasteiger partial charge in [0, 0.05) is 52.0 Å². The highest BCUT2D eigenvalue weighted by atomic mass is 35.5. The number of imidazole rings is 1. The highest BCUT2D eigenvalue weighted by molar-refractivity contribution is 6.37. The molecular formula is C35H27Cl2N5O4. The molecule has 0 aliphatic carbocycles. The molecule has 0 bridgehead atoms. The Kier molecular flexibility index (Phi) is 8.87. The van der Waals surface area contributed by atoms with Crippen LogP contribution in [0.15, 0.2) is 104 Å².